The van der Waals surface area contributed by atoms with E-state index in [9.17, 15) is 4.79 Å². The molecule has 5 N–H and O–H groups in total. The summed E-state index contributed by atoms with van der Waals surface area (Å²) in [5.41, 5.74) is 11.1. The topological polar surface area (TPSA) is 89.3 Å². The number of carbonyl (C=O) groups is 1. The molecule has 1 atom stereocenters. The van der Waals surface area contributed by atoms with Crippen LogP contribution < -0.4 is 11.5 Å². The molecule has 0 spiro atoms. The van der Waals surface area contributed by atoms with E-state index < -0.39 is 12.0 Å². The lowest BCUT2D eigenvalue weighted by molar-refractivity contribution is -0.139. The number of aliphatic carboxylic acids is 1. The van der Waals surface area contributed by atoms with Crippen LogP contribution in [0.4, 0.5) is 0 Å². The fourth-order valence-electron chi connectivity index (χ4n) is 2.16. The van der Waals surface area contributed by atoms with Crippen LogP contribution in [0.3, 0.4) is 0 Å². The molecule has 0 aromatic carbocycles. The van der Waals surface area contributed by atoms with Crippen molar-refractivity contribution in [3.63, 3.8) is 0 Å². The maximum Gasteiger partial charge on any atom is 0.320 e. The van der Waals surface area contributed by atoms with Crippen molar-refractivity contribution in [2.45, 2.75) is 38.1 Å². The Kier molecular flexibility index (Phi) is 4.35. The summed E-state index contributed by atoms with van der Waals surface area (Å²) < 4.78 is 0. The lowest BCUT2D eigenvalue weighted by Crippen LogP contribution is -2.33. The Hall–Kier alpha value is -0.610. The predicted octanol–water partition coefficient (Wildman–Crippen LogP) is 0.554. The highest BCUT2D eigenvalue weighted by molar-refractivity contribution is 5.73. The Morgan fingerprint density at radius 2 is 1.79 bits per heavy atom. The molecule has 1 aliphatic rings. The molecule has 1 aliphatic carbocycles. The molecule has 82 valence electrons. The average Bonchev–Trinajstić information content (AvgIpc) is 2.19. The second-order valence-corrected chi connectivity index (χ2v) is 4.30. The lowest BCUT2D eigenvalue weighted by atomic mass is 9.79. The van der Waals surface area contributed by atoms with Crippen LogP contribution in [0.1, 0.15) is 32.1 Å². The van der Waals surface area contributed by atoms with E-state index in [0.29, 0.717) is 18.3 Å². The molecule has 0 unspecified atom stereocenters. The minimum atomic E-state index is -0.883. The number of carboxylic acids is 1. The molecule has 0 aliphatic heterocycles. The van der Waals surface area contributed by atoms with Gasteiger partial charge in [-0.3, -0.25) is 4.79 Å². The number of nitrogens with two attached hydrogens (primary N) is 2. The molecule has 0 aromatic rings. The van der Waals surface area contributed by atoms with Crippen LogP contribution >= 0.6 is 0 Å². The van der Waals surface area contributed by atoms with E-state index in [1.165, 1.54) is 0 Å². The average molecular weight is 200 g/mol. The van der Waals surface area contributed by atoms with Crippen molar-refractivity contribution in [1.29, 1.82) is 0 Å². The van der Waals surface area contributed by atoms with E-state index >= 15 is 0 Å². The summed E-state index contributed by atoms with van der Waals surface area (Å²) in [6.07, 6.45) is 5.05. The normalized spacial score (nSPS) is 29.9. The third-order valence-corrected chi connectivity index (χ3v) is 3.20. The van der Waals surface area contributed by atoms with Gasteiger partial charge in [-0.1, -0.05) is 12.8 Å². The van der Waals surface area contributed by atoms with Crippen LogP contribution in [0, 0.1) is 11.8 Å². The van der Waals surface area contributed by atoms with Crippen molar-refractivity contribution in [1.82, 2.24) is 0 Å². The lowest BCUT2D eigenvalue weighted by Gasteiger charge is -2.28. The summed E-state index contributed by atoms with van der Waals surface area (Å²) in [5.74, 6) is 0.252. The van der Waals surface area contributed by atoms with Gasteiger partial charge in [-0.25, -0.2) is 0 Å². The van der Waals surface area contributed by atoms with Crippen molar-refractivity contribution in [2.24, 2.45) is 23.3 Å². The Labute approximate surface area is 84.7 Å². The molecule has 14 heavy (non-hydrogen) atoms. The van der Waals surface area contributed by atoms with Gasteiger partial charge in [-0.05, 0) is 37.6 Å². The molecule has 1 rings (SSSR count). The smallest absolute Gasteiger partial charge is 0.320 e. The van der Waals surface area contributed by atoms with Gasteiger partial charge in [0.25, 0.3) is 0 Å². The van der Waals surface area contributed by atoms with Gasteiger partial charge in [-0.15, -0.1) is 0 Å². The Morgan fingerprint density at radius 3 is 2.21 bits per heavy atom. The van der Waals surface area contributed by atoms with Gasteiger partial charge in [0.1, 0.15) is 6.04 Å². The molecular formula is C10H20N2O2. The highest BCUT2D eigenvalue weighted by Crippen LogP contribution is 2.30. The largest absolute Gasteiger partial charge is 0.480 e. The standard InChI is InChI=1S/C10H20N2O2/c11-6-8-3-1-7(2-4-8)5-9(12)10(13)14/h7-9H,1-6,11-12H2,(H,13,14)/t7?,8?,9-/m0/s1. The van der Waals surface area contributed by atoms with Gasteiger partial charge >= 0.3 is 5.97 Å². The molecular weight excluding hydrogens is 180 g/mol. The number of hydrogen-bond acceptors (Lipinski definition) is 3. The summed E-state index contributed by atoms with van der Waals surface area (Å²) in [7, 11) is 0. The maximum absolute atomic E-state index is 10.5. The van der Waals surface area contributed by atoms with Crippen LogP contribution in [0.15, 0.2) is 0 Å². The summed E-state index contributed by atoms with van der Waals surface area (Å²) in [6.45, 7) is 0.762. The van der Waals surface area contributed by atoms with Gasteiger partial charge < -0.3 is 16.6 Å². The molecule has 1 fully saturated rings. The summed E-state index contributed by atoms with van der Waals surface area (Å²) in [5, 5.41) is 8.67. The minimum absolute atomic E-state index is 0.490. The van der Waals surface area contributed by atoms with E-state index in [4.69, 9.17) is 16.6 Å². The predicted molar refractivity (Wildman–Crippen MR) is 54.7 cm³/mol. The Balaban J connectivity index is 2.25. The Bertz CT molecular complexity index is 189. The first kappa shape index (κ1) is 11.5. The van der Waals surface area contributed by atoms with Crippen molar-refractivity contribution >= 4 is 5.97 Å². The van der Waals surface area contributed by atoms with Crippen LogP contribution in [-0.2, 0) is 4.79 Å². The van der Waals surface area contributed by atoms with E-state index in [-0.39, 0.29) is 0 Å². The zero-order valence-corrected chi connectivity index (χ0v) is 8.48. The van der Waals surface area contributed by atoms with Crippen molar-refractivity contribution in [2.75, 3.05) is 6.54 Å². The van der Waals surface area contributed by atoms with E-state index in [0.717, 1.165) is 32.2 Å². The third kappa shape index (κ3) is 3.27. The summed E-state index contributed by atoms with van der Waals surface area (Å²) in [4.78, 5) is 10.5. The zero-order chi connectivity index (χ0) is 10.6. The first-order chi connectivity index (χ1) is 6.63. The van der Waals surface area contributed by atoms with E-state index in [2.05, 4.69) is 0 Å². The molecule has 0 amide bonds. The Morgan fingerprint density at radius 1 is 1.29 bits per heavy atom. The van der Waals surface area contributed by atoms with E-state index in [1.54, 1.807) is 0 Å². The van der Waals surface area contributed by atoms with Crippen LogP contribution in [-0.4, -0.2) is 23.7 Å². The summed E-state index contributed by atoms with van der Waals surface area (Å²) >= 11 is 0. The van der Waals surface area contributed by atoms with Crippen LogP contribution in [0.5, 0.6) is 0 Å². The SMILES string of the molecule is NCC1CCC(C[C@H](N)C(=O)O)CC1. The van der Waals surface area contributed by atoms with Gasteiger partial charge in [0.15, 0.2) is 0 Å². The molecule has 4 nitrogen and oxygen atoms in total. The summed E-state index contributed by atoms with van der Waals surface area (Å²) in [6, 6.07) is -0.686. The van der Waals surface area contributed by atoms with Crippen molar-refractivity contribution in [3.05, 3.63) is 0 Å². The highest BCUT2D eigenvalue weighted by Gasteiger charge is 2.24. The molecule has 0 heterocycles. The number of hydrogen-bond donors (Lipinski definition) is 3. The second-order valence-electron chi connectivity index (χ2n) is 4.30. The fourth-order valence-corrected chi connectivity index (χ4v) is 2.16. The monoisotopic (exact) mass is 200 g/mol. The highest BCUT2D eigenvalue weighted by atomic mass is 16.4. The third-order valence-electron chi connectivity index (χ3n) is 3.20. The molecule has 0 bridgehead atoms. The maximum atomic E-state index is 10.5. The number of rotatable bonds is 4. The minimum Gasteiger partial charge on any atom is -0.480 e. The molecule has 0 radical (unpaired) electrons. The van der Waals surface area contributed by atoms with Gasteiger partial charge in [-0.2, -0.15) is 0 Å². The van der Waals surface area contributed by atoms with Crippen LogP contribution in [0.2, 0.25) is 0 Å². The van der Waals surface area contributed by atoms with Crippen molar-refractivity contribution < 1.29 is 9.90 Å². The van der Waals surface area contributed by atoms with Gasteiger partial charge in [0, 0.05) is 0 Å². The zero-order valence-electron chi connectivity index (χ0n) is 8.48. The molecule has 0 saturated heterocycles. The quantitative estimate of drug-likeness (QED) is 0.618. The van der Waals surface area contributed by atoms with E-state index in [1.807, 2.05) is 0 Å². The fraction of sp³-hybridized carbons (Fsp3) is 0.900. The van der Waals surface area contributed by atoms with Gasteiger partial charge in [0.05, 0.1) is 0 Å². The van der Waals surface area contributed by atoms with Gasteiger partial charge in [0.2, 0.25) is 0 Å². The molecule has 1 saturated carbocycles. The molecule has 4 heteroatoms. The first-order valence-electron chi connectivity index (χ1n) is 5.32. The molecule has 0 aromatic heterocycles. The van der Waals surface area contributed by atoms with Crippen molar-refractivity contribution in [3.8, 4) is 0 Å². The first-order valence-corrected chi connectivity index (χ1v) is 5.32. The van der Waals surface area contributed by atoms with Crippen LogP contribution in [0.25, 0.3) is 0 Å². The second kappa shape index (κ2) is 5.32. The number of carboxylic acid groups (broad SMARTS) is 1.